The average Bonchev–Trinajstić information content (AvgIpc) is 3.44. The van der Waals surface area contributed by atoms with Gasteiger partial charge in [-0.3, -0.25) is 9.59 Å². The number of nitrogens with zero attached hydrogens (tertiary/aromatic N) is 1. The number of carbonyl (C=O) groups is 1. The first kappa shape index (κ1) is 22.8. The van der Waals surface area contributed by atoms with Crippen LogP contribution in [0.2, 0.25) is 0 Å². The van der Waals surface area contributed by atoms with Crippen molar-refractivity contribution >= 4 is 16.9 Å². The first-order valence-corrected chi connectivity index (χ1v) is 11.7. The van der Waals surface area contributed by atoms with Gasteiger partial charge >= 0.3 is 0 Å². The highest BCUT2D eigenvalue weighted by Crippen LogP contribution is 2.42. The molecule has 5 rings (SSSR count). The van der Waals surface area contributed by atoms with Gasteiger partial charge in [-0.25, -0.2) is 0 Å². The number of rotatable bonds is 7. The summed E-state index contributed by atoms with van der Waals surface area (Å²) in [6.45, 7) is 8.82. The standard InChI is InChI=1S/C28H27NO6/c1-5-32-21-10-9-18(14-23(21)33-6-2)25-24-26(30)20-12-16(3)17(4)13-22(20)35-27(24)28(31)29(25)15-19-8-7-11-34-19/h7-14,25H,5-6,15H2,1-4H3. The molecule has 2 aromatic carbocycles. The predicted octanol–water partition coefficient (Wildman–Crippen LogP) is 5.55. The summed E-state index contributed by atoms with van der Waals surface area (Å²) < 4.78 is 23.2. The number of carbonyl (C=O) groups excluding carboxylic acids is 1. The highest BCUT2D eigenvalue weighted by atomic mass is 16.5. The Hall–Kier alpha value is -4.00. The summed E-state index contributed by atoms with van der Waals surface area (Å²) in [5, 5.41) is 0.459. The minimum atomic E-state index is -0.667. The molecule has 0 spiro atoms. The van der Waals surface area contributed by atoms with Crippen LogP contribution in [0.25, 0.3) is 11.0 Å². The molecule has 0 saturated heterocycles. The lowest BCUT2D eigenvalue weighted by Crippen LogP contribution is -2.29. The van der Waals surface area contributed by atoms with Gasteiger partial charge in [0.25, 0.3) is 5.91 Å². The number of hydrogen-bond donors (Lipinski definition) is 0. The lowest BCUT2D eigenvalue weighted by Gasteiger charge is -2.25. The van der Waals surface area contributed by atoms with Crippen molar-refractivity contribution in [1.29, 1.82) is 0 Å². The van der Waals surface area contributed by atoms with Gasteiger partial charge in [-0.05, 0) is 80.8 Å². The maximum Gasteiger partial charge on any atom is 0.291 e. The van der Waals surface area contributed by atoms with Crippen molar-refractivity contribution in [3.05, 3.63) is 92.7 Å². The second-order valence-corrected chi connectivity index (χ2v) is 8.59. The maximum atomic E-state index is 13.8. The second-order valence-electron chi connectivity index (χ2n) is 8.59. The molecule has 7 nitrogen and oxygen atoms in total. The van der Waals surface area contributed by atoms with Gasteiger partial charge in [0.2, 0.25) is 5.76 Å². The smallest absolute Gasteiger partial charge is 0.291 e. The van der Waals surface area contributed by atoms with E-state index in [1.54, 1.807) is 23.3 Å². The third-order valence-electron chi connectivity index (χ3n) is 6.37. The van der Waals surface area contributed by atoms with Crippen molar-refractivity contribution in [3.63, 3.8) is 0 Å². The van der Waals surface area contributed by atoms with Crippen LogP contribution in [0.15, 0.2) is 62.4 Å². The molecule has 1 unspecified atom stereocenters. The first-order valence-electron chi connectivity index (χ1n) is 11.7. The van der Waals surface area contributed by atoms with Crippen LogP contribution in [0.1, 0.15) is 58.5 Å². The van der Waals surface area contributed by atoms with E-state index in [4.69, 9.17) is 18.3 Å². The van der Waals surface area contributed by atoms with Gasteiger partial charge in [0.15, 0.2) is 16.9 Å². The molecule has 0 aliphatic carbocycles. The Bertz CT molecular complexity index is 1470. The Kier molecular flexibility index (Phi) is 5.84. The normalized spacial score (nSPS) is 15.0. The lowest BCUT2D eigenvalue weighted by atomic mass is 9.97. The molecule has 180 valence electrons. The van der Waals surface area contributed by atoms with Crippen LogP contribution in [0.4, 0.5) is 0 Å². The third-order valence-corrected chi connectivity index (χ3v) is 6.37. The van der Waals surface area contributed by atoms with E-state index in [1.807, 2.05) is 58.0 Å². The van der Waals surface area contributed by atoms with Crippen LogP contribution in [0.3, 0.4) is 0 Å². The van der Waals surface area contributed by atoms with Crippen LogP contribution in [-0.4, -0.2) is 24.0 Å². The van der Waals surface area contributed by atoms with Crippen LogP contribution in [0, 0.1) is 13.8 Å². The lowest BCUT2D eigenvalue weighted by molar-refractivity contribution is 0.0701. The van der Waals surface area contributed by atoms with Crippen LogP contribution in [-0.2, 0) is 6.54 Å². The molecule has 4 aromatic rings. The van der Waals surface area contributed by atoms with E-state index in [-0.39, 0.29) is 23.6 Å². The Morgan fingerprint density at radius 3 is 2.40 bits per heavy atom. The summed E-state index contributed by atoms with van der Waals surface area (Å²) >= 11 is 0. The fourth-order valence-electron chi connectivity index (χ4n) is 4.59. The molecule has 1 aliphatic rings. The number of fused-ring (bicyclic) bond motifs is 2. The Morgan fingerprint density at radius 2 is 1.69 bits per heavy atom. The van der Waals surface area contributed by atoms with E-state index >= 15 is 0 Å². The zero-order valence-corrected chi connectivity index (χ0v) is 20.2. The van der Waals surface area contributed by atoms with Gasteiger partial charge in [0.05, 0.1) is 43.0 Å². The van der Waals surface area contributed by atoms with Gasteiger partial charge in [0, 0.05) is 0 Å². The quantitative estimate of drug-likeness (QED) is 0.350. The van der Waals surface area contributed by atoms with Gasteiger partial charge in [-0.1, -0.05) is 6.07 Å². The summed E-state index contributed by atoms with van der Waals surface area (Å²) in [4.78, 5) is 29.1. The number of amides is 1. The Morgan fingerprint density at radius 1 is 0.943 bits per heavy atom. The maximum absolute atomic E-state index is 13.8. The molecule has 1 amide bonds. The number of hydrogen-bond acceptors (Lipinski definition) is 6. The predicted molar refractivity (Wildman–Crippen MR) is 131 cm³/mol. The molecule has 2 aromatic heterocycles. The molecule has 1 atom stereocenters. The molecule has 0 N–H and O–H groups in total. The minimum Gasteiger partial charge on any atom is -0.490 e. The monoisotopic (exact) mass is 473 g/mol. The summed E-state index contributed by atoms with van der Waals surface area (Å²) in [7, 11) is 0. The summed E-state index contributed by atoms with van der Waals surface area (Å²) in [5.74, 6) is 1.48. The van der Waals surface area contributed by atoms with Crippen molar-refractivity contribution in [1.82, 2.24) is 4.90 Å². The SMILES string of the molecule is CCOc1ccc(C2c3c(oc4cc(C)c(C)cc4c3=O)C(=O)N2Cc2ccco2)cc1OCC. The highest BCUT2D eigenvalue weighted by molar-refractivity contribution is 5.99. The number of furan rings is 1. The van der Waals surface area contributed by atoms with Crippen LogP contribution >= 0.6 is 0 Å². The first-order chi connectivity index (χ1) is 16.9. The minimum absolute atomic E-state index is 0.0640. The second kappa shape index (κ2) is 8.98. The van der Waals surface area contributed by atoms with Gasteiger partial charge < -0.3 is 23.2 Å². The third kappa shape index (κ3) is 3.87. The number of benzene rings is 2. The molecule has 0 radical (unpaired) electrons. The Balaban J connectivity index is 1.73. The largest absolute Gasteiger partial charge is 0.490 e. The molecule has 1 aliphatic heterocycles. The fraction of sp³-hybridized carbons (Fsp3) is 0.286. The van der Waals surface area contributed by atoms with E-state index in [9.17, 15) is 9.59 Å². The molecule has 35 heavy (non-hydrogen) atoms. The molecule has 0 bridgehead atoms. The van der Waals surface area contributed by atoms with Gasteiger partial charge in [-0.2, -0.15) is 0 Å². The topological polar surface area (TPSA) is 82.1 Å². The molecular weight excluding hydrogens is 446 g/mol. The van der Waals surface area contributed by atoms with Crippen molar-refractivity contribution in [2.75, 3.05) is 13.2 Å². The van der Waals surface area contributed by atoms with Gasteiger partial charge in [-0.15, -0.1) is 0 Å². The summed E-state index contributed by atoms with van der Waals surface area (Å²) in [6.07, 6.45) is 1.56. The number of ether oxygens (including phenoxy) is 2. The van der Waals surface area contributed by atoms with Crippen molar-refractivity contribution < 1.29 is 23.1 Å². The molecule has 0 fully saturated rings. The van der Waals surface area contributed by atoms with E-state index in [2.05, 4.69) is 0 Å². The van der Waals surface area contributed by atoms with Crippen molar-refractivity contribution in [2.45, 2.75) is 40.3 Å². The van der Waals surface area contributed by atoms with Crippen LogP contribution < -0.4 is 14.9 Å². The van der Waals surface area contributed by atoms with E-state index in [0.717, 1.165) is 16.7 Å². The number of aryl methyl sites for hydroxylation is 2. The van der Waals surface area contributed by atoms with Crippen LogP contribution in [0.5, 0.6) is 11.5 Å². The van der Waals surface area contributed by atoms with E-state index in [1.165, 1.54) is 0 Å². The fourth-order valence-corrected chi connectivity index (χ4v) is 4.59. The Labute approximate surface area is 202 Å². The van der Waals surface area contributed by atoms with E-state index in [0.29, 0.717) is 47.0 Å². The molecular formula is C28H27NO6. The van der Waals surface area contributed by atoms with Gasteiger partial charge in [0.1, 0.15) is 11.3 Å². The average molecular weight is 474 g/mol. The molecule has 3 heterocycles. The van der Waals surface area contributed by atoms with E-state index < -0.39 is 6.04 Å². The molecule has 7 heteroatoms. The highest BCUT2D eigenvalue weighted by Gasteiger charge is 2.43. The summed E-state index contributed by atoms with van der Waals surface area (Å²) in [5.41, 5.74) is 3.22. The zero-order chi connectivity index (χ0) is 24.7. The van der Waals surface area contributed by atoms with Crippen molar-refractivity contribution in [2.24, 2.45) is 0 Å². The zero-order valence-electron chi connectivity index (χ0n) is 20.2. The van der Waals surface area contributed by atoms with Crippen molar-refractivity contribution in [3.8, 4) is 11.5 Å². The molecule has 0 saturated carbocycles. The summed E-state index contributed by atoms with van der Waals surface area (Å²) in [6, 6.07) is 12.1.